The third-order valence-electron chi connectivity index (χ3n) is 6.67. The van der Waals surface area contributed by atoms with Crippen LogP contribution < -0.4 is 4.74 Å². The van der Waals surface area contributed by atoms with E-state index in [-0.39, 0.29) is 38.6 Å². The molecule has 182 valence electrons. The average Bonchev–Trinajstić information content (AvgIpc) is 3.11. The summed E-state index contributed by atoms with van der Waals surface area (Å²) in [4.78, 5) is 28.0. The Morgan fingerprint density at radius 3 is 2.56 bits per heavy atom. The minimum Gasteiger partial charge on any atom is -0.424 e. The molecule has 3 atom stereocenters. The lowest BCUT2D eigenvalue weighted by Gasteiger charge is -2.40. The van der Waals surface area contributed by atoms with Gasteiger partial charge in [0.25, 0.3) is 0 Å². The molecule has 1 aliphatic carbocycles. The van der Waals surface area contributed by atoms with Crippen molar-refractivity contribution in [2.24, 2.45) is 5.92 Å². The van der Waals surface area contributed by atoms with Crippen molar-refractivity contribution in [1.29, 1.82) is 0 Å². The molecule has 2 fully saturated rings. The van der Waals surface area contributed by atoms with Crippen molar-refractivity contribution in [3.8, 4) is 5.75 Å². The number of Topliss-reactive ketones (excluding diaryl/α,β-unsaturated/α-hetero) is 1. The molecular weight excluding hydrogens is 497 g/mol. The summed E-state index contributed by atoms with van der Waals surface area (Å²) in [7, 11) is 0. The summed E-state index contributed by atoms with van der Waals surface area (Å²) in [5, 5.41) is 0.725. The molecule has 34 heavy (non-hydrogen) atoms. The van der Waals surface area contributed by atoms with Crippen LogP contribution in [-0.2, 0) is 14.3 Å². The van der Waals surface area contributed by atoms with Crippen molar-refractivity contribution >= 4 is 46.6 Å². The zero-order chi connectivity index (χ0) is 24.5. The number of ether oxygens (including phenoxy) is 2. The van der Waals surface area contributed by atoms with Gasteiger partial charge in [-0.25, -0.2) is 4.79 Å². The maximum absolute atomic E-state index is 13.7. The second kappa shape index (κ2) is 10.5. The molecule has 0 radical (unpaired) electrons. The quantitative estimate of drug-likeness (QED) is 0.234. The lowest BCUT2D eigenvalue weighted by Crippen LogP contribution is -2.53. The Hall–Kier alpha value is -1.63. The lowest BCUT2D eigenvalue weighted by atomic mass is 9.83. The summed E-state index contributed by atoms with van der Waals surface area (Å²) in [6, 6.07) is 12.1. The molecule has 1 saturated carbocycles. The molecule has 1 saturated heterocycles. The zero-order valence-electron chi connectivity index (χ0n) is 19.2. The fourth-order valence-corrected chi connectivity index (χ4v) is 5.63. The van der Waals surface area contributed by atoms with Gasteiger partial charge < -0.3 is 9.47 Å². The topological polar surface area (TPSA) is 55.8 Å². The zero-order valence-corrected chi connectivity index (χ0v) is 21.5. The Morgan fingerprint density at radius 2 is 1.85 bits per heavy atom. The highest BCUT2D eigenvalue weighted by Gasteiger charge is 2.49. The maximum Gasteiger partial charge on any atom is 0.328 e. The van der Waals surface area contributed by atoms with Crippen LogP contribution in [0.1, 0.15) is 57.6 Å². The van der Waals surface area contributed by atoms with Gasteiger partial charge in [-0.05, 0) is 50.7 Å². The molecule has 1 unspecified atom stereocenters. The molecule has 0 amide bonds. The average molecular weight is 525 g/mol. The number of hydrogen-bond donors (Lipinski definition) is 0. The number of nitrogens with zero attached hydrogens (tertiary/aromatic N) is 1. The van der Waals surface area contributed by atoms with Gasteiger partial charge in [-0.2, -0.15) is 0 Å². The Balaban J connectivity index is 1.68. The molecule has 0 N–H and O–H groups in total. The smallest absolute Gasteiger partial charge is 0.328 e. The highest BCUT2D eigenvalue weighted by molar-refractivity contribution is 6.43. The third-order valence-corrected chi connectivity index (χ3v) is 7.69. The first-order chi connectivity index (χ1) is 16.2. The number of rotatable bonds is 6. The maximum atomic E-state index is 13.7. The molecule has 0 bridgehead atoms. The Kier molecular flexibility index (Phi) is 7.90. The first-order valence-corrected chi connectivity index (χ1v) is 12.6. The highest BCUT2D eigenvalue weighted by atomic mass is 35.5. The molecule has 8 heteroatoms. The van der Waals surface area contributed by atoms with Crippen LogP contribution in [0.4, 0.5) is 0 Å². The summed E-state index contributed by atoms with van der Waals surface area (Å²) in [6.45, 7) is 4.35. The Labute approximate surface area is 215 Å². The van der Waals surface area contributed by atoms with Gasteiger partial charge >= 0.3 is 5.97 Å². The summed E-state index contributed by atoms with van der Waals surface area (Å²) >= 11 is 18.5. The van der Waals surface area contributed by atoms with E-state index in [2.05, 4.69) is 4.90 Å². The largest absolute Gasteiger partial charge is 0.424 e. The molecule has 4 rings (SSSR count). The van der Waals surface area contributed by atoms with Gasteiger partial charge in [0, 0.05) is 18.9 Å². The summed E-state index contributed by atoms with van der Waals surface area (Å²) in [6.07, 6.45) is 3.30. The van der Waals surface area contributed by atoms with Crippen molar-refractivity contribution in [1.82, 2.24) is 4.90 Å². The number of carbonyl (C=O) groups is 2. The minimum absolute atomic E-state index is 0.0934. The first kappa shape index (κ1) is 25.5. The fourth-order valence-electron chi connectivity index (χ4n) is 5.05. The molecule has 0 spiro atoms. The van der Waals surface area contributed by atoms with E-state index in [4.69, 9.17) is 44.3 Å². The van der Waals surface area contributed by atoms with Gasteiger partial charge in [-0.3, -0.25) is 9.69 Å². The van der Waals surface area contributed by atoms with Gasteiger partial charge in [0.15, 0.2) is 5.75 Å². The van der Waals surface area contributed by atoms with Crippen molar-refractivity contribution in [3.63, 3.8) is 0 Å². The van der Waals surface area contributed by atoms with Gasteiger partial charge in [0.05, 0.1) is 27.7 Å². The predicted molar refractivity (Wildman–Crippen MR) is 134 cm³/mol. The van der Waals surface area contributed by atoms with Crippen molar-refractivity contribution in [3.05, 3.63) is 63.1 Å². The SMILES string of the molecule is CC1(C)OC[C@@H](c2ccccc2)N1[C@@H](CC1CCCC(=O)C1)C(=O)Oc1cc(Cl)c(Cl)cc1Cl. The van der Waals surface area contributed by atoms with E-state index in [0.717, 1.165) is 18.4 Å². The first-order valence-electron chi connectivity index (χ1n) is 11.5. The number of carbonyl (C=O) groups excluding carboxylic acids is 2. The van der Waals surface area contributed by atoms with Crippen LogP contribution in [0.25, 0.3) is 0 Å². The lowest BCUT2D eigenvalue weighted by molar-refractivity contribution is -0.151. The standard InChI is InChI=1S/C26H28Cl3NO4/c1-26(2)30(23(15-33-26)17-8-4-3-5-9-17)22(12-16-7-6-10-18(31)11-16)25(32)34-24-14-20(28)19(27)13-21(24)29/h3-5,8-9,13-14,16,22-23H,6-7,10-12,15H2,1-2H3/t16?,22-,23-/m0/s1. The minimum atomic E-state index is -0.718. The van der Waals surface area contributed by atoms with Gasteiger partial charge in [-0.1, -0.05) is 65.1 Å². The fraction of sp³-hybridized carbons (Fsp3) is 0.462. The van der Waals surface area contributed by atoms with Gasteiger partial charge in [-0.15, -0.1) is 0 Å². The predicted octanol–water partition coefficient (Wildman–Crippen LogP) is 6.88. The van der Waals surface area contributed by atoms with Crippen LogP contribution in [-0.4, -0.2) is 35.0 Å². The van der Waals surface area contributed by atoms with Gasteiger partial charge in [0.1, 0.15) is 17.6 Å². The molecule has 2 aromatic carbocycles. The van der Waals surface area contributed by atoms with Crippen LogP contribution in [0.15, 0.2) is 42.5 Å². The molecular formula is C26H28Cl3NO4. The van der Waals surface area contributed by atoms with Crippen LogP contribution >= 0.6 is 34.8 Å². The van der Waals surface area contributed by atoms with E-state index in [1.54, 1.807) is 0 Å². The van der Waals surface area contributed by atoms with E-state index < -0.39 is 17.7 Å². The van der Waals surface area contributed by atoms with Gasteiger partial charge in [0.2, 0.25) is 0 Å². The molecule has 1 heterocycles. The van der Waals surface area contributed by atoms with Crippen LogP contribution in [0.5, 0.6) is 5.75 Å². The molecule has 2 aromatic rings. The van der Waals surface area contributed by atoms with Crippen LogP contribution in [0.3, 0.4) is 0 Å². The normalized spacial score (nSPS) is 23.6. The Morgan fingerprint density at radius 1 is 1.15 bits per heavy atom. The van der Waals surface area contributed by atoms with Crippen molar-refractivity contribution in [2.45, 2.75) is 63.8 Å². The summed E-state index contributed by atoms with van der Waals surface area (Å²) < 4.78 is 12.0. The highest BCUT2D eigenvalue weighted by Crippen LogP contribution is 2.42. The van der Waals surface area contributed by atoms with Crippen LogP contribution in [0, 0.1) is 5.92 Å². The number of esters is 1. The number of halogens is 3. The summed E-state index contributed by atoms with van der Waals surface area (Å²) in [5.41, 5.74) is 0.336. The van der Waals surface area contributed by atoms with E-state index in [9.17, 15) is 9.59 Å². The monoisotopic (exact) mass is 523 g/mol. The second-order valence-corrected chi connectivity index (χ2v) is 10.7. The van der Waals surface area contributed by atoms with E-state index in [1.165, 1.54) is 12.1 Å². The third kappa shape index (κ3) is 5.60. The molecule has 1 aliphatic heterocycles. The number of ketones is 1. The van der Waals surface area contributed by atoms with E-state index in [0.29, 0.717) is 25.9 Å². The van der Waals surface area contributed by atoms with Crippen molar-refractivity contribution in [2.75, 3.05) is 6.61 Å². The number of hydrogen-bond acceptors (Lipinski definition) is 5. The van der Waals surface area contributed by atoms with Crippen molar-refractivity contribution < 1.29 is 19.1 Å². The number of benzene rings is 2. The Bertz CT molecular complexity index is 1060. The summed E-state index contributed by atoms with van der Waals surface area (Å²) in [5.74, 6) is 0.0288. The second-order valence-electron chi connectivity index (χ2n) is 9.46. The molecule has 5 nitrogen and oxygen atoms in total. The molecule has 2 aliphatic rings. The van der Waals surface area contributed by atoms with Crippen LogP contribution in [0.2, 0.25) is 15.1 Å². The molecule has 0 aromatic heterocycles. The van der Waals surface area contributed by atoms with E-state index in [1.807, 2.05) is 44.2 Å². The van der Waals surface area contributed by atoms with E-state index >= 15 is 0 Å².